The van der Waals surface area contributed by atoms with E-state index in [9.17, 15) is 4.79 Å². The molecule has 5 nitrogen and oxygen atoms in total. The van der Waals surface area contributed by atoms with E-state index < -0.39 is 0 Å². The molecule has 0 unspecified atom stereocenters. The van der Waals surface area contributed by atoms with E-state index in [0.29, 0.717) is 35.8 Å². The van der Waals surface area contributed by atoms with Crippen LogP contribution in [0.25, 0.3) is 12.2 Å². The maximum absolute atomic E-state index is 13.2. The smallest absolute Gasteiger partial charge is 0.185 e. The van der Waals surface area contributed by atoms with E-state index in [1.807, 2.05) is 64.1 Å². The molecule has 0 aliphatic heterocycles. The van der Waals surface area contributed by atoms with Crippen molar-refractivity contribution in [1.29, 1.82) is 0 Å². The predicted octanol–water partition coefficient (Wildman–Crippen LogP) is 7.63. The van der Waals surface area contributed by atoms with Crippen molar-refractivity contribution in [1.82, 2.24) is 0 Å². The Labute approximate surface area is 218 Å². The lowest BCUT2D eigenvalue weighted by atomic mass is 10.1. The number of Topliss-reactive ketones (excluding diaryl/α,β-unsaturated/α-hetero) is 1. The second-order valence-electron chi connectivity index (χ2n) is 8.55. The number of hydrogen-bond acceptors (Lipinski definition) is 5. The number of hydrogen-bond donors (Lipinski definition) is 0. The highest BCUT2D eigenvalue weighted by Crippen LogP contribution is 2.39. The maximum atomic E-state index is 13.2. The number of ether oxygens (including phenoxy) is 4. The van der Waals surface area contributed by atoms with E-state index in [2.05, 4.69) is 31.9 Å². The SMILES string of the molecule is COc1cc(/C=C2/CC/C(=C/c3cc(OC)c(OC(C)C)cc3Br)C2=O)c(Br)cc1OC(C)C. The molecule has 0 saturated heterocycles. The summed E-state index contributed by atoms with van der Waals surface area (Å²) < 4.78 is 24.4. The standard InChI is InChI=1S/C27H30Br2O5/c1-15(2)33-25-13-21(28)19(11-23(25)31-5)9-17-7-8-18(27(17)30)10-20-12-24(32-6)26(14-22(20)29)34-16(3)4/h9-16H,7-8H2,1-6H3/b17-9-,18-10-. The fourth-order valence-electron chi connectivity index (χ4n) is 3.69. The minimum Gasteiger partial charge on any atom is -0.493 e. The van der Waals surface area contributed by atoms with Crippen LogP contribution in [0.1, 0.15) is 51.7 Å². The van der Waals surface area contributed by atoms with Crippen LogP contribution in [0.15, 0.2) is 44.4 Å². The van der Waals surface area contributed by atoms with Gasteiger partial charge in [-0.25, -0.2) is 0 Å². The first-order valence-electron chi connectivity index (χ1n) is 11.2. The van der Waals surface area contributed by atoms with Gasteiger partial charge in [0.2, 0.25) is 0 Å². The Hall–Kier alpha value is -2.25. The van der Waals surface area contributed by atoms with Gasteiger partial charge in [0.25, 0.3) is 0 Å². The second-order valence-corrected chi connectivity index (χ2v) is 10.3. The van der Waals surface area contributed by atoms with Crippen LogP contribution in [0.2, 0.25) is 0 Å². The molecule has 0 radical (unpaired) electrons. The first-order chi connectivity index (χ1) is 16.1. The quantitative estimate of drug-likeness (QED) is 0.294. The highest BCUT2D eigenvalue weighted by molar-refractivity contribution is 9.10. The molecule has 0 heterocycles. The fourth-order valence-corrected chi connectivity index (χ4v) is 4.56. The number of methoxy groups -OCH3 is 2. The van der Waals surface area contributed by atoms with Crippen LogP contribution in [-0.4, -0.2) is 32.2 Å². The number of allylic oxidation sites excluding steroid dienone is 2. The van der Waals surface area contributed by atoms with Gasteiger partial charge in [-0.3, -0.25) is 4.79 Å². The van der Waals surface area contributed by atoms with E-state index >= 15 is 0 Å². The van der Waals surface area contributed by atoms with Crippen LogP contribution < -0.4 is 18.9 Å². The van der Waals surface area contributed by atoms with Crippen LogP contribution in [0.3, 0.4) is 0 Å². The molecule has 34 heavy (non-hydrogen) atoms. The van der Waals surface area contributed by atoms with Crippen molar-refractivity contribution in [2.45, 2.75) is 52.7 Å². The molecule has 2 aromatic carbocycles. The van der Waals surface area contributed by atoms with Gasteiger partial charge in [-0.1, -0.05) is 31.9 Å². The summed E-state index contributed by atoms with van der Waals surface area (Å²) in [6.07, 6.45) is 5.24. The van der Waals surface area contributed by atoms with Gasteiger partial charge in [0, 0.05) is 20.1 Å². The lowest BCUT2D eigenvalue weighted by Crippen LogP contribution is -2.07. The minimum atomic E-state index is 0.0260. The molecule has 0 aromatic heterocycles. The summed E-state index contributed by atoms with van der Waals surface area (Å²) in [4.78, 5) is 13.2. The van der Waals surface area contributed by atoms with Gasteiger partial charge in [-0.15, -0.1) is 0 Å². The van der Waals surface area contributed by atoms with Gasteiger partial charge in [0.1, 0.15) is 0 Å². The maximum Gasteiger partial charge on any atom is 0.185 e. The number of benzene rings is 2. The average molecular weight is 594 g/mol. The third-order valence-electron chi connectivity index (χ3n) is 5.20. The Balaban J connectivity index is 1.90. The van der Waals surface area contributed by atoms with E-state index in [0.717, 1.165) is 31.2 Å². The van der Waals surface area contributed by atoms with Crippen molar-refractivity contribution in [2.24, 2.45) is 0 Å². The van der Waals surface area contributed by atoms with Crippen LogP contribution in [0.5, 0.6) is 23.0 Å². The molecule has 0 spiro atoms. The van der Waals surface area contributed by atoms with E-state index in [4.69, 9.17) is 18.9 Å². The van der Waals surface area contributed by atoms with Crippen LogP contribution >= 0.6 is 31.9 Å². The highest BCUT2D eigenvalue weighted by atomic mass is 79.9. The van der Waals surface area contributed by atoms with Crippen molar-refractivity contribution in [3.8, 4) is 23.0 Å². The van der Waals surface area contributed by atoms with Gasteiger partial charge < -0.3 is 18.9 Å². The molecule has 1 aliphatic rings. The molecule has 182 valence electrons. The number of halogens is 2. The van der Waals surface area contributed by atoms with Crippen molar-refractivity contribution < 1.29 is 23.7 Å². The van der Waals surface area contributed by atoms with E-state index in [1.54, 1.807) is 14.2 Å². The molecule has 1 aliphatic carbocycles. The largest absolute Gasteiger partial charge is 0.493 e. The van der Waals surface area contributed by atoms with Crippen molar-refractivity contribution in [3.63, 3.8) is 0 Å². The highest BCUT2D eigenvalue weighted by Gasteiger charge is 2.24. The molecule has 7 heteroatoms. The fraction of sp³-hybridized carbons (Fsp3) is 0.370. The Morgan fingerprint density at radius 3 is 1.41 bits per heavy atom. The monoisotopic (exact) mass is 592 g/mol. The summed E-state index contributed by atoms with van der Waals surface area (Å²) in [7, 11) is 3.22. The lowest BCUT2D eigenvalue weighted by Gasteiger charge is -2.15. The first-order valence-corrected chi connectivity index (χ1v) is 12.8. The zero-order chi connectivity index (χ0) is 25.0. The first kappa shape index (κ1) is 26.4. The summed E-state index contributed by atoms with van der Waals surface area (Å²) in [5, 5.41) is 0. The van der Waals surface area contributed by atoms with Gasteiger partial charge >= 0.3 is 0 Å². The molecule has 0 amide bonds. The molecule has 2 aromatic rings. The number of carbonyl (C=O) groups excluding carboxylic acids is 1. The molecule has 0 N–H and O–H groups in total. The van der Waals surface area contributed by atoms with Crippen molar-refractivity contribution in [3.05, 3.63) is 55.5 Å². The van der Waals surface area contributed by atoms with Gasteiger partial charge in [-0.05, 0) is 88.1 Å². The zero-order valence-electron chi connectivity index (χ0n) is 20.3. The third kappa shape index (κ3) is 6.25. The third-order valence-corrected chi connectivity index (χ3v) is 6.57. The molecule has 3 rings (SSSR count). The van der Waals surface area contributed by atoms with Crippen LogP contribution in [0.4, 0.5) is 0 Å². The van der Waals surface area contributed by atoms with Crippen molar-refractivity contribution >= 4 is 49.8 Å². The number of ketones is 1. The second kappa shape index (κ2) is 11.5. The van der Waals surface area contributed by atoms with Crippen LogP contribution in [-0.2, 0) is 4.79 Å². The Kier molecular flexibility index (Phi) is 8.88. The summed E-state index contributed by atoms with van der Waals surface area (Å²) in [6, 6.07) is 7.54. The molecular weight excluding hydrogens is 564 g/mol. The molecule has 1 fully saturated rings. The summed E-state index contributed by atoms with van der Waals surface area (Å²) >= 11 is 7.22. The van der Waals surface area contributed by atoms with Crippen molar-refractivity contribution in [2.75, 3.05) is 14.2 Å². The topological polar surface area (TPSA) is 54.0 Å². The van der Waals surface area contributed by atoms with Gasteiger partial charge in [0.05, 0.1) is 26.4 Å². The molecular formula is C27H30Br2O5. The summed E-state index contributed by atoms with van der Waals surface area (Å²) in [6.45, 7) is 7.86. The number of carbonyl (C=O) groups is 1. The Bertz CT molecular complexity index is 1040. The molecule has 1 saturated carbocycles. The normalized spacial score (nSPS) is 16.1. The summed E-state index contributed by atoms with van der Waals surface area (Å²) in [5.74, 6) is 2.62. The predicted molar refractivity (Wildman–Crippen MR) is 143 cm³/mol. The lowest BCUT2D eigenvalue weighted by molar-refractivity contribution is -0.111. The summed E-state index contributed by atoms with van der Waals surface area (Å²) in [5.41, 5.74) is 3.26. The molecule has 0 atom stereocenters. The van der Waals surface area contributed by atoms with E-state index in [-0.39, 0.29) is 18.0 Å². The molecule has 0 bridgehead atoms. The zero-order valence-corrected chi connectivity index (χ0v) is 23.5. The van der Waals surface area contributed by atoms with Gasteiger partial charge in [0.15, 0.2) is 28.8 Å². The number of rotatable bonds is 8. The minimum absolute atomic E-state index is 0.0260. The van der Waals surface area contributed by atoms with Crippen LogP contribution in [0, 0.1) is 0 Å². The Morgan fingerprint density at radius 1 is 0.706 bits per heavy atom. The van der Waals surface area contributed by atoms with Gasteiger partial charge in [-0.2, -0.15) is 0 Å². The van der Waals surface area contributed by atoms with E-state index in [1.165, 1.54) is 0 Å². The average Bonchev–Trinajstić information content (AvgIpc) is 3.10. The Morgan fingerprint density at radius 2 is 1.09 bits per heavy atom.